The molecule has 176 valence electrons. The highest BCUT2D eigenvalue weighted by molar-refractivity contribution is 6.99. The Kier molecular flexibility index (Phi) is 7.14. The minimum atomic E-state index is -2.49. The van der Waals surface area contributed by atoms with Crippen molar-refractivity contribution in [1.29, 1.82) is 0 Å². The van der Waals surface area contributed by atoms with Crippen LogP contribution in [0.2, 0.25) is 5.04 Å². The zero-order valence-corrected chi connectivity index (χ0v) is 21.4. The van der Waals surface area contributed by atoms with Crippen LogP contribution < -0.4 is 10.4 Å². The lowest BCUT2D eigenvalue weighted by atomic mass is 9.91. The fraction of sp³-hybridized carbons (Fsp3) is 0.500. The van der Waals surface area contributed by atoms with Crippen molar-refractivity contribution in [2.75, 3.05) is 26.4 Å². The Morgan fingerprint density at radius 3 is 1.79 bits per heavy atom. The average molecular weight is 465 g/mol. The van der Waals surface area contributed by atoms with Gasteiger partial charge in [-0.05, 0) is 15.4 Å². The molecule has 5 heteroatoms. The lowest BCUT2D eigenvalue weighted by Crippen LogP contribution is -2.66. The third kappa shape index (κ3) is 5.11. The molecule has 0 amide bonds. The van der Waals surface area contributed by atoms with E-state index < -0.39 is 14.3 Å². The molecule has 0 radical (unpaired) electrons. The summed E-state index contributed by atoms with van der Waals surface area (Å²) in [6.07, 6.45) is 2.00. The molecule has 3 saturated heterocycles. The van der Waals surface area contributed by atoms with Gasteiger partial charge in [-0.25, -0.2) is 0 Å². The van der Waals surface area contributed by atoms with E-state index in [1.54, 1.807) is 0 Å². The van der Waals surface area contributed by atoms with Gasteiger partial charge < -0.3 is 18.6 Å². The first-order valence-corrected chi connectivity index (χ1v) is 13.8. The first-order chi connectivity index (χ1) is 15.8. The molecule has 0 N–H and O–H groups in total. The third-order valence-electron chi connectivity index (χ3n) is 6.57. The van der Waals surface area contributed by atoms with Crippen LogP contribution in [0.5, 0.6) is 0 Å². The van der Waals surface area contributed by atoms with E-state index in [2.05, 4.69) is 100 Å². The highest BCUT2D eigenvalue weighted by Gasteiger charge is 2.50. The Bertz CT molecular complexity index is 908. The second-order valence-electron chi connectivity index (χ2n) is 10.5. The molecule has 2 aromatic rings. The first-order valence-electron chi connectivity index (χ1n) is 11.9. The maximum atomic E-state index is 6.88. The Hall–Kier alpha value is -1.94. The minimum absolute atomic E-state index is 0.00822. The van der Waals surface area contributed by atoms with Crippen molar-refractivity contribution in [3.63, 3.8) is 0 Å². The summed E-state index contributed by atoms with van der Waals surface area (Å²) in [7, 11) is -2.49. The number of hydrogen-bond acceptors (Lipinski definition) is 4. The van der Waals surface area contributed by atoms with E-state index in [0.29, 0.717) is 45.7 Å². The average Bonchev–Trinajstić information content (AvgIpc) is 2.82. The molecular weight excluding hydrogens is 428 g/mol. The lowest BCUT2D eigenvalue weighted by Gasteiger charge is -2.50. The van der Waals surface area contributed by atoms with E-state index in [-0.39, 0.29) is 10.5 Å². The molecule has 3 aliphatic heterocycles. The second kappa shape index (κ2) is 9.73. The van der Waals surface area contributed by atoms with Crippen LogP contribution in [0.3, 0.4) is 0 Å². The number of ether oxygens (including phenoxy) is 3. The van der Waals surface area contributed by atoms with Crippen molar-refractivity contribution in [2.24, 2.45) is 5.41 Å². The van der Waals surface area contributed by atoms with Crippen LogP contribution in [0, 0.1) is 17.3 Å². The third-order valence-corrected chi connectivity index (χ3v) is 11.6. The largest absolute Gasteiger partial charge is 0.406 e. The van der Waals surface area contributed by atoms with Gasteiger partial charge in [0.1, 0.15) is 0 Å². The van der Waals surface area contributed by atoms with Crippen molar-refractivity contribution in [3.05, 3.63) is 60.7 Å². The van der Waals surface area contributed by atoms with E-state index >= 15 is 0 Å². The van der Waals surface area contributed by atoms with Gasteiger partial charge in [0.25, 0.3) is 14.3 Å². The van der Waals surface area contributed by atoms with Gasteiger partial charge in [-0.1, -0.05) is 88.4 Å². The summed E-state index contributed by atoms with van der Waals surface area (Å²) in [5.74, 6) is 5.67. The summed E-state index contributed by atoms with van der Waals surface area (Å²) in [5.41, 5.74) is -0.00822. The number of hydrogen-bond donors (Lipinski definition) is 0. The van der Waals surface area contributed by atoms with Gasteiger partial charge in [0.15, 0.2) is 0 Å². The number of rotatable bonds is 7. The predicted molar refractivity (Wildman–Crippen MR) is 134 cm³/mol. The molecule has 0 aromatic heterocycles. The van der Waals surface area contributed by atoms with E-state index in [1.807, 2.05) is 0 Å². The smallest absolute Gasteiger partial charge is 0.283 e. The fourth-order valence-corrected chi connectivity index (χ4v) is 9.29. The molecule has 0 atom stereocenters. The highest BCUT2D eigenvalue weighted by Crippen LogP contribution is 2.40. The molecule has 0 unspecified atom stereocenters. The summed E-state index contributed by atoms with van der Waals surface area (Å²) in [6.45, 7) is 11.7. The Morgan fingerprint density at radius 1 is 0.818 bits per heavy atom. The van der Waals surface area contributed by atoms with Gasteiger partial charge >= 0.3 is 0 Å². The molecule has 3 aliphatic rings. The molecule has 3 fully saturated rings. The molecule has 2 aromatic carbocycles. The van der Waals surface area contributed by atoms with Crippen LogP contribution in [0.25, 0.3) is 0 Å². The van der Waals surface area contributed by atoms with Crippen LogP contribution in [0.15, 0.2) is 60.7 Å². The SMILES string of the molecule is CC12COC(CCC#CCCO[Si](c3ccccc3)(c3ccccc3)C(C)(C)C)(OC1)OC2. The predicted octanol–water partition coefficient (Wildman–Crippen LogP) is 4.47. The zero-order chi connectivity index (χ0) is 23.4. The van der Waals surface area contributed by atoms with Crippen LogP contribution in [-0.2, 0) is 18.6 Å². The fourth-order valence-electron chi connectivity index (χ4n) is 4.73. The van der Waals surface area contributed by atoms with Gasteiger partial charge in [0.05, 0.1) is 19.8 Å². The van der Waals surface area contributed by atoms with Crippen molar-refractivity contribution in [2.45, 2.75) is 58.0 Å². The van der Waals surface area contributed by atoms with Crippen molar-refractivity contribution in [1.82, 2.24) is 0 Å². The summed E-state index contributed by atoms with van der Waals surface area (Å²) >= 11 is 0. The van der Waals surface area contributed by atoms with Gasteiger partial charge in [-0.3, -0.25) is 0 Å². The minimum Gasteiger partial charge on any atom is -0.406 e. The van der Waals surface area contributed by atoms with Crippen LogP contribution in [0.4, 0.5) is 0 Å². The molecule has 0 spiro atoms. The zero-order valence-electron chi connectivity index (χ0n) is 20.4. The van der Waals surface area contributed by atoms with Crippen molar-refractivity contribution >= 4 is 18.7 Å². The quantitative estimate of drug-likeness (QED) is 0.344. The molecule has 2 bridgehead atoms. The van der Waals surface area contributed by atoms with Crippen molar-refractivity contribution < 1.29 is 18.6 Å². The van der Waals surface area contributed by atoms with Gasteiger partial charge in [-0.2, -0.15) is 0 Å². The second-order valence-corrected chi connectivity index (χ2v) is 14.8. The first kappa shape index (κ1) is 24.2. The summed E-state index contributed by atoms with van der Waals surface area (Å²) in [5, 5.41) is 2.57. The molecular formula is C28H36O4Si. The molecule has 0 aliphatic carbocycles. The van der Waals surface area contributed by atoms with Gasteiger partial charge in [0, 0.05) is 31.3 Å². The van der Waals surface area contributed by atoms with Gasteiger partial charge in [0.2, 0.25) is 0 Å². The number of benzene rings is 2. The maximum absolute atomic E-state index is 6.88. The number of fused-ring (bicyclic) bond motifs is 3. The van der Waals surface area contributed by atoms with Crippen LogP contribution in [-0.4, -0.2) is 40.7 Å². The molecule has 3 heterocycles. The summed E-state index contributed by atoms with van der Waals surface area (Å²) in [6, 6.07) is 21.4. The molecule has 0 saturated carbocycles. The Morgan fingerprint density at radius 2 is 1.30 bits per heavy atom. The highest BCUT2D eigenvalue weighted by atomic mass is 28.4. The Balaban J connectivity index is 1.41. The molecule has 4 nitrogen and oxygen atoms in total. The van der Waals surface area contributed by atoms with Crippen LogP contribution in [0.1, 0.15) is 47.0 Å². The molecule has 5 rings (SSSR count). The van der Waals surface area contributed by atoms with Crippen molar-refractivity contribution in [3.8, 4) is 11.8 Å². The van der Waals surface area contributed by atoms with E-state index in [4.69, 9.17) is 18.6 Å². The standard InChI is InChI=1S/C28H36O4Si/c1-26(2,3)33(24-15-9-7-10-16-24,25-17-11-8-12-18-25)32-20-14-6-5-13-19-28-29-21-27(4,22-30-28)23-31-28/h7-12,15-18H,13-14,19-23H2,1-4H3. The molecule has 33 heavy (non-hydrogen) atoms. The monoisotopic (exact) mass is 464 g/mol. The van der Waals surface area contributed by atoms with Crippen LogP contribution >= 0.6 is 0 Å². The van der Waals surface area contributed by atoms with E-state index in [1.165, 1.54) is 10.4 Å². The van der Waals surface area contributed by atoms with Gasteiger partial charge in [-0.15, -0.1) is 11.8 Å². The topological polar surface area (TPSA) is 36.9 Å². The normalized spacial score (nSPS) is 24.8. The Labute approximate surface area is 199 Å². The van der Waals surface area contributed by atoms with E-state index in [9.17, 15) is 0 Å². The lowest BCUT2D eigenvalue weighted by molar-refractivity contribution is -0.467. The van der Waals surface area contributed by atoms with E-state index in [0.717, 1.165) is 0 Å². The summed E-state index contributed by atoms with van der Waals surface area (Å²) in [4.78, 5) is 0. The summed E-state index contributed by atoms with van der Waals surface area (Å²) < 4.78 is 24.4. The maximum Gasteiger partial charge on any atom is 0.283 e.